The van der Waals surface area contributed by atoms with Crippen molar-refractivity contribution in [3.8, 4) is 5.75 Å². The number of benzene rings is 2. The maximum absolute atomic E-state index is 12.8. The van der Waals surface area contributed by atoms with Crippen LogP contribution in [0.4, 0.5) is 5.69 Å². The van der Waals surface area contributed by atoms with Gasteiger partial charge in [-0.15, -0.1) is 0 Å². The third-order valence-corrected chi connectivity index (χ3v) is 3.85. The van der Waals surface area contributed by atoms with E-state index in [-0.39, 0.29) is 11.9 Å². The van der Waals surface area contributed by atoms with Gasteiger partial charge in [0.05, 0.1) is 7.11 Å². The van der Waals surface area contributed by atoms with Crippen LogP contribution < -0.4 is 15.4 Å². The van der Waals surface area contributed by atoms with Gasteiger partial charge in [-0.1, -0.05) is 24.3 Å². The molecule has 4 heteroatoms. The van der Waals surface area contributed by atoms with Crippen LogP contribution in [0, 0.1) is 0 Å². The summed E-state index contributed by atoms with van der Waals surface area (Å²) < 4.78 is 5.19. The van der Waals surface area contributed by atoms with Crippen LogP contribution in [0.3, 0.4) is 0 Å². The van der Waals surface area contributed by atoms with Gasteiger partial charge in [-0.05, 0) is 36.2 Å². The van der Waals surface area contributed by atoms with Gasteiger partial charge < -0.3 is 15.4 Å². The molecule has 2 N–H and O–H groups in total. The van der Waals surface area contributed by atoms with Crippen molar-refractivity contribution in [3.05, 3.63) is 59.7 Å². The fourth-order valence-corrected chi connectivity index (χ4v) is 2.71. The molecule has 2 aromatic carbocycles. The molecule has 1 aliphatic rings. The number of carbonyl (C=O) groups is 1. The maximum atomic E-state index is 12.8. The lowest BCUT2D eigenvalue weighted by atomic mass is 9.96. The topological polar surface area (TPSA) is 55.6 Å². The highest BCUT2D eigenvalue weighted by Crippen LogP contribution is 2.33. The zero-order valence-electron chi connectivity index (χ0n) is 12.0. The Balaban J connectivity index is 1.97. The molecule has 0 aliphatic carbocycles. The van der Waals surface area contributed by atoms with Gasteiger partial charge in [-0.25, -0.2) is 0 Å². The second-order valence-electron chi connectivity index (χ2n) is 5.14. The monoisotopic (exact) mass is 282 g/mol. The number of nitrogens with two attached hydrogens (primary N) is 1. The van der Waals surface area contributed by atoms with Gasteiger partial charge in [0.1, 0.15) is 5.75 Å². The van der Waals surface area contributed by atoms with Gasteiger partial charge in [0.25, 0.3) is 5.91 Å². The Hall–Kier alpha value is -2.33. The number of rotatable bonds is 2. The summed E-state index contributed by atoms with van der Waals surface area (Å²) in [6.07, 6.45) is 0.771. The van der Waals surface area contributed by atoms with Crippen molar-refractivity contribution in [2.24, 2.45) is 5.73 Å². The Morgan fingerprint density at radius 3 is 2.86 bits per heavy atom. The van der Waals surface area contributed by atoms with Crippen molar-refractivity contribution in [2.75, 3.05) is 18.6 Å². The van der Waals surface area contributed by atoms with E-state index >= 15 is 0 Å². The molecule has 1 amide bonds. The molecule has 0 bridgehead atoms. The first kappa shape index (κ1) is 13.6. The van der Waals surface area contributed by atoms with Crippen LogP contribution >= 0.6 is 0 Å². The molecule has 1 unspecified atom stereocenters. The van der Waals surface area contributed by atoms with Gasteiger partial charge in [0, 0.05) is 23.8 Å². The van der Waals surface area contributed by atoms with Gasteiger partial charge in [0.15, 0.2) is 0 Å². The van der Waals surface area contributed by atoms with Crippen molar-refractivity contribution < 1.29 is 9.53 Å². The van der Waals surface area contributed by atoms with Crippen molar-refractivity contribution in [1.29, 1.82) is 0 Å². The van der Waals surface area contributed by atoms with E-state index in [0.29, 0.717) is 17.9 Å². The summed E-state index contributed by atoms with van der Waals surface area (Å²) in [5.41, 5.74) is 8.69. The number of anilines is 1. The predicted molar refractivity (Wildman–Crippen MR) is 82.7 cm³/mol. The van der Waals surface area contributed by atoms with E-state index in [9.17, 15) is 4.79 Å². The van der Waals surface area contributed by atoms with Crippen molar-refractivity contribution in [2.45, 2.75) is 12.5 Å². The Morgan fingerprint density at radius 2 is 2.05 bits per heavy atom. The molecule has 3 rings (SSSR count). The molecule has 2 aromatic rings. The highest BCUT2D eigenvalue weighted by Gasteiger charge is 2.27. The van der Waals surface area contributed by atoms with E-state index in [4.69, 9.17) is 10.5 Å². The lowest BCUT2D eigenvalue weighted by Gasteiger charge is -2.32. The third-order valence-electron chi connectivity index (χ3n) is 3.85. The molecule has 4 nitrogen and oxygen atoms in total. The Morgan fingerprint density at radius 1 is 1.24 bits per heavy atom. The molecule has 0 aromatic heterocycles. The van der Waals surface area contributed by atoms with Gasteiger partial charge in [-0.2, -0.15) is 0 Å². The summed E-state index contributed by atoms with van der Waals surface area (Å²) in [7, 11) is 1.60. The molecule has 1 aliphatic heterocycles. The van der Waals surface area contributed by atoms with Gasteiger partial charge >= 0.3 is 0 Å². The highest BCUT2D eigenvalue weighted by atomic mass is 16.5. The third kappa shape index (κ3) is 2.50. The number of hydrogen-bond acceptors (Lipinski definition) is 3. The van der Waals surface area contributed by atoms with E-state index in [1.165, 1.54) is 0 Å². The first-order valence-electron chi connectivity index (χ1n) is 7.01. The summed E-state index contributed by atoms with van der Waals surface area (Å²) in [6, 6.07) is 15.1. The second-order valence-corrected chi connectivity index (χ2v) is 5.14. The SMILES string of the molecule is COc1cccc(C(=O)N2CCC(N)c3ccccc32)c1. The van der Waals surface area contributed by atoms with Crippen LogP contribution in [0.15, 0.2) is 48.5 Å². The molecule has 1 heterocycles. The molecule has 21 heavy (non-hydrogen) atoms. The van der Waals surface area contributed by atoms with E-state index in [1.54, 1.807) is 18.1 Å². The Labute approximate surface area is 124 Å². The van der Waals surface area contributed by atoms with Crippen LogP contribution in [-0.4, -0.2) is 19.6 Å². The van der Waals surface area contributed by atoms with Crippen LogP contribution in [0.5, 0.6) is 5.75 Å². The van der Waals surface area contributed by atoms with E-state index in [0.717, 1.165) is 17.7 Å². The summed E-state index contributed by atoms with van der Waals surface area (Å²) >= 11 is 0. The minimum atomic E-state index is -0.0201. The number of fused-ring (bicyclic) bond motifs is 1. The van der Waals surface area contributed by atoms with E-state index < -0.39 is 0 Å². The number of amides is 1. The second kappa shape index (κ2) is 5.58. The molecule has 0 spiro atoms. The Bertz CT molecular complexity index is 669. The molecule has 1 atom stereocenters. The lowest BCUT2D eigenvalue weighted by Crippen LogP contribution is -2.38. The molecule has 0 saturated heterocycles. The first-order valence-corrected chi connectivity index (χ1v) is 7.01. The zero-order chi connectivity index (χ0) is 14.8. The minimum absolute atomic E-state index is 0.00411. The molecular formula is C17H18N2O2. The predicted octanol–water partition coefficient (Wildman–Crippen LogP) is 2.75. The highest BCUT2D eigenvalue weighted by molar-refractivity contribution is 6.07. The maximum Gasteiger partial charge on any atom is 0.258 e. The van der Waals surface area contributed by atoms with Gasteiger partial charge in [0.2, 0.25) is 0 Å². The van der Waals surface area contributed by atoms with E-state index in [1.807, 2.05) is 42.5 Å². The van der Waals surface area contributed by atoms with Crippen LogP contribution in [-0.2, 0) is 0 Å². The molecule has 0 fully saturated rings. The van der Waals surface area contributed by atoms with Crippen LogP contribution in [0.2, 0.25) is 0 Å². The fraction of sp³-hybridized carbons (Fsp3) is 0.235. The van der Waals surface area contributed by atoms with Crippen molar-refractivity contribution >= 4 is 11.6 Å². The minimum Gasteiger partial charge on any atom is -0.497 e. The molecule has 0 radical (unpaired) electrons. The van der Waals surface area contributed by atoms with Gasteiger partial charge in [-0.3, -0.25) is 4.79 Å². The van der Waals surface area contributed by atoms with Crippen molar-refractivity contribution in [3.63, 3.8) is 0 Å². The number of carbonyl (C=O) groups excluding carboxylic acids is 1. The number of methoxy groups -OCH3 is 1. The molecule has 0 saturated carbocycles. The summed E-state index contributed by atoms with van der Waals surface area (Å²) in [5.74, 6) is 0.663. The van der Waals surface area contributed by atoms with E-state index in [2.05, 4.69) is 0 Å². The molecule has 108 valence electrons. The average Bonchev–Trinajstić information content (AvgIpc) is 2.55. The largest absolute Gasteiger partial charge is 0.497 e. The summed E-state index contributed by atoms with van der Waals surface area (Å²) in [6.45, 7) is 0.633. The Kier molecular flexibility index (Phi) is 3.62. The zero-order valence-corrected chi connectivity index (χ0v) is 12.0. The van der Waals surface area contributed by atoms with Crippen LogP contribution in [0.25, 0.3) is 0 Å². The van der Waals surface area contributed by atoms with Crippen LogP contribution in [0.1, 0.15) is 28.4 Å². The number of hydrogen-bond donors (Lipinski definition) is 1. The first-order chi connectivity index (χ1) is 10.2. The summed E-state index contributed by atoms with van der Waals surface area (Å²) in [5, 5.41) is 0. The average molecular weight is 282 g/mol. The standard InChI is InChI=1S/C17H18N2O2/c1-21-13-6-4-5-12(11-13)17(20)19-10-9-15(18)14-7-2-3-8-16(14)19/h2-8,11,15H,9-10,18H2,1H3. The normalized spacial score (nSPS) is 17.2. The number of para-hydroxylation sites is 1. The summed E-state index contributed by atoms with van der Waals surface area (Å²) in [4.78, 5) is 14.6. The quantitative estimate of drug-likeness (QED) is 0.921. The molecular weight excluding hydrogens is 264 g/mol. The smallest absolute Gasteiger partial charge is 0.258 e. The number of ether oxygens (including phenoxy) is 1. The lowest BCUT2D eigenvalue weighted by molar-refractivity contribution is 0.0984. The van der Waals surface area contributed by atoms with Crippen molar-refractivity contribution in [1.82, 2.24) is 0 Å². The fourth-order valence-electron chi connectivity index (χ4n) is 2.71. The number of nitrogens with zero attached hydrogens (tertiary/aromatic N) is 1.